The molecule has 0 atom stereocenters. The van der Waals surface area contributed by atoms with Gasteiger partial charge in [0.1, 0.15) is 11.4 Å². The largest absolute Gasteiger partial charge is 0.455 e. The van der Waals surface area contributed by atoms with Crippen LogP contribution in [0.4, 0.5) is 24.5 Å². The fraction of sp³-hybridized carbons (Fsp3) is 0.0345. The predicted octanol–water partition coefficient (Wildman–Crippen LogP) is 7.91. The molecule has 0 heterocycles. The molecule has 0 aliphatic heterocycles. The van der Waals surface area contributed by atoms with E-state index in [0.29, 0.717) is 22.7 Å². The average Bonchev–Trinajstić information content (AvgIpc) is 2.90. The summed E-state index contributed by atoms with van der Waals surface area (Å²) in [4.78, 5) is 17.2. The third kappa shape index (κ3) is 6.80. The highest BCUT2D eigenvalue weighted by Crippen LogP contribution is 2.30. The summed E-state index contributed by atoms with van der Waals surface area (Å²) in [5.74, 6) is 0.622. The number of allylic oxidation sites excluding steroid dienone is 2. The number of rotatable bonds is 7. The molecule has 4 aromatic rings. The van der Waals surface area contributed by atoms with Crippen LogP contribution in [0.1, 0.15) is 15.9 Å². The van der Waals surface area contributed by atoms with E-state index in [0.717, 1.165) is 6.08 Å². The number of amides is 1. The van der Waals surface area contributed by atoms with Crippen molar-refractivity contribution in [2.45, 2.75) is 6.18 Å². The number of nitrogens with two attached hydrogens (primary N) is 1. The monoisotopic (exact) mass is 535 g/mol. The number of benzene rings is 4. The molecule has 0 aliphatic carbocycles. The van der Waals surface area contributed by atoms with Crippen LogP contribution in [0.5, 0.6) is 11.5 Å². The first kappa shape index (κ1) is 26.5. The van der Waals surface area contributed by atoms with Gasteiger partial charge in [-0.15, -0.1) is 0 Å². The van der Waals surface area contributed by atoms with Gasteiger partial charge in [0.05, 0.1) is 22.1 Å². The minimum absolute atomic E-state index is 0.0681. The lowest BCUT2D eigenvalue weighted by molar-refractivity contribution is -0.0925. The van der Waals surface area contributed by atoms with E-state index < -0.39 is 17.8 Å². The number of ether oxygens (including phenoxy) is 1. The molecule has 5 nitrogen and oxygen atoms in total. The van der Waals surface area contributed by atoms with Gasteiger partial charge in [-0.25, -0.2) is 4.99 Å². The maximum absolute atomic E-state index is 13.2. The normalized spacial score (nSPS) is 12.2. The molecule has 4 aromatic carbocycles. The van der Waals surface area contributed by atoms with Crippen molar-refractivity contribution in [2.75, 3.05) is 5.32 Å². The molecule has 38 heavy (non-hydrogen) atoms. The van der Waals surface area contributed by atoms with Gasteiger partial charge in [0.2, 0.25) is 0 Å². The van der Waals surface area contributed by atoms with Crippen LogP contribution in [0.2, 0.25) is 5.02 Å². The Morgan fingerprint density at radius 2 is 1.45 bits per heavy atom. The maximum Gasteiger partial charge on any atom is 0.430 e. The Labute approximate surface area is 222 Å². The molecular weight excluding hydrogens is 515 g/mol. The number of anilines is 1. The second kappa shape index (κ2) is 11.7. The number of carbonyl (C=O) groups excluding carboxylic acids is 1. The Hall–Kier alpha value is -4.56. The van der Waals surface area contributed by atoms with E-state index in [1.807, 2.05) is 18.2 Å². The molecule has 0 saturated carbocycles. The zero-order valence-corrected chi connectivity index (χ0v) is 20.5. The van der Waals surface area contributed by atoms with Gasteiger partial charge in [-0.1, -0.05) is 66.2 Å². The summed E-state index contributed by atoms with van der Waals surface area (Å²) in [6, 6.07) is 28.5. The number of alkyl halides is 3. The zero-order chi connectivity index (χ0) is 27.1. The van der Waals surface area contributed by atoms with Gasteiger partial charge in [-0.3, -0.25) is 4.79 Å². The molecule has 4 rings (SSSR count). The lowest BCUT2D eigenvalue weighted by Crippen LogP contribution is -2.21. The summed E-state index contributed by atoms with van der Waals surface area (Å²) in [5.41, 5.74) is 5.17. The number of hydrogen-bond donors (Lipinski definition) is 2. The van der Waals surface area contributed by atoms with Gasteiger partial charge in [0, 0.05) is 11.1 Å². The molecule has 0 radical (unpaired) electrons. The van der Waals surface area contributed by atoms with Crippen LogP contribution in [-0.2, 0) is 0 Å². The molecule has 0 bridgehead atoms. The minimum Gasteiger partial charge on any atom is -0.455 e. The van der Waals surface area contributed by atoms with Gasteiger partial charge in [0.15, 0.2) is 5.75 Å². The van der Waals surface area contributed by atoms with Gasteiger partial charge < -0.3 is 15.8 Å². The Morgan fingerprint density at radius 3 is 2.13 bits per heavy atom. The molecule has 0 spiro atoms. The quantitative estimate of drug-likeness (QED) is 0.236. The Balaban J connectivity index is 1.60. The van der Waals surface area contributed by atoms with Crippen LogP contribution in [0.25, 0.3) is 0 Å². The first-order valence-electron chi connectivity index (χ1n) is 11.3. The lowest BCUT2D eigenvalue weighted by Gasteiger charge is -2.13. The summed E-state index contributed by atoms with van der Waals surface area (Å²) < 4.78 is 45.3. The van der Waals surface area contributed by atoms with Gasteiger partial charge in [-0.2, -0.15) is 13.2 Å². The predicted molar refractivity (Wildman–Crippen MR) is 143 cm³/mol. The van der Waals surface area contributed by atoms with Crippen molar-refractivity contribution in [2.24, 2.45) is 10.7 Å². The van der Waals surface area contributed by atoms with Crippen molar-refractivity contribution < 1.29 is 22.7 Å². The highest BCUT2D eigenvalue weighted by molar-refractivity contribution is 6.33. The van der Waals surface area contributed by atoms with E-state index in [2.05, 4.69) is 10.3 Å². The minimum atomic E-state index is -4.74. The summed E-state index contributed by atoms with van der Waals surface area (Å²) in [7, 11) is 0. The van der Waals surface area contributed by atoms with Crippen molar-refractivity contribution >= 4 is 34.6 Å². The standard InChI is InChI=1S/C29H21ClF3N3O2/c30-22-10-4-5-11-23(22)35-25(18-27(34)29(31,32)33)19-14-16-20(17-15-19)28(37)36-24-12-6-7-13-26(24)38-21-8-2-1-3-9-21/h1-18H,34H2,(H,36,37). The van der Waals surface area contributed by atoms with Crippen molar-refractivity contribution in [3.8, 4) is 11.5 Å². The maximum atomic E-state index is 13.2. The average molecular weight is 536 g/mol. The van der Waals surface area contributed by atoms with E-state index in [9.17, 15) is 18.0 Å². The molecular formula is C29H21ClF3N3O2. The summed E-state index contributed by atoms with van der Waals surface area (Å²) in [5, 5.41) is 3.06. The van der Waals surface area contributed by atoms with E-state index in [4.69, 9.17) is 22.1 Å². The number of hydrogen-bond acceptors (Lipinski definition) is 4. The highest BCUT2D eigenvalue weighted by Gasteiger charge is 2.31. The molecule has 0 saturated heterocycles. The van der Waals surface area contributed by atoms with Crippen molar-refractivity contribution in [3.05, 3.63) is 131 Å². The zero-order valence-electron chi connectivity index (χ0n) is 19.7. The number of nitrogens with zero attached hydrogens (tertiary/aromatic N) is 1. The fourth-order valence-electron chi connectivity index (χ4n) is 3.34. The van der Waals surface area contributed by atoms with Crippen molar-refractivity contribution in [1.82, 2.24) is 0 Å². The third-order valence-corrected chi connectivity index (χ3v) is 5.58. The molecule has 0 unspecified atom stereocenters. The molecule has 0 fully saturated rings. The summed E-state index contributed by atoms with van der Waals surface area (Å²) in [6.45, 7) is 0. The Bertz CT molecular complexity index is 1490. The molecule has 1 amide bonds. The number of aliphatic imine (C=N–C) groups is 1. The highest BCUT2D eigenvalue weighted by atomic mass is 35.5. The fourth-order valence-corrected chi connectivity index (χ4v) is 3.52. The molecule has 9 heteroatoms. The SMILES string of the molecule is NC(=CC(=Nc1ccccc1Cl)c1ccc(C(=O)Nc2ccccc2Oc2ccccc2)cc1)C(F)(F)F. The van der Waals surface area contributed by atoms with E-state index >= 15 is 0 Å². The van der Waals surface area contributed by atoms with E-state index in [-0.39, 0.29) is 22.0 Å². The first-order valence-corrected chi connectivity index (χ1v) is 11.7. The van der Waals surface area contributed by atoms with Gasteiger partial charge >= 0.3 is 6.18 Å². The second-order valence-electron chi connectivity index (χ2n) is 7.99. The van der Waals surface area contributed by atoms with E-state index in [1.54, 1.807) is 60.7 Å². The van der Waals surface area contributed by atoms with Crippen LogP contribution >= 0.6 is 11.6 Å². The molecule has 0 aromatic heterocycles. The molecule has 0 aliphatic rings. The van der Waals surface area contributed by atoms with Crippen LogP contribution in [0, 0.1) is 0 Å². The second-order valence-corrected chi connectivity index (χ2v) is 8.40. The van der Waals surface area contributed by atoms with E-state index in [1.165, 1.54) is 24.3 Å². The summed E-state index contributed by atoms with van der Waals surface area (Å²) >= 11 is 6.15. The third-order valence-electron chi connectivity index (χ3n) is 5.26. The Morgan fingerprint density at radius 1 is 0.842 bits per heavy atom. The molecule has 3 N–H and O–H groups in total. The lowest BCUT2D eigenvalue weighted by atomic mass is 10.1. The smallest absolute Gasteiger partial charge is 0.430 e. The van der Waals surface area contributed by atoms with Crippen molar-refractivity contribution in [3.63, 3.8) is 0 Å². The molecule has 192 valence electrons. The topological polar surface area (TPSA) is 76.7 Å². The van der Waals surface area contributed by atoms with Gasteiger partial charge in [0.25, 0.3) is 5.91 Å². The Kier molecular flexibility index (Phi) is 8.13. The number of nitrogens with one attached hydrogen (secondary N) is 1. The summed E-state index contributed by atoms with van der Waals surface area (Å²) in [6.07, 6.45) is -4.01. The first-order chi connectivity index (χ1) is 18.2. The van der Waals surface area contributed by atoms with Crippen LogP contribution in [0.3, 0.4) is 0 Å². The van der Waals surface area contributed by atoms with Crippen molar-refractivity contribution in [1.29, 1.82) is 0 Å². The van der Waals surface area contributed by atoms with Crippen LogP contribution < -0.4 is 15.8 Å². The number of halogens is 4. The number of carbonyl (C=O) groups is 1. The van der Waals surface area contributed by atoms with Crippen LogP contribution in [0.15, 0.2) is 120 Å². The number of para-hydroxylation sites is 4. The van der Waals surface area contributed by atoms with Crippen LogP contribution in [-0.4, -0.2) is 17.8 Å². The van der Waals surface area contributed by atoms with Gasteiger partial charge in [-0.05, 0) is 54.6 Å².